The van der Waals surface area contributed by atoms with Gasteiger partial charge < -0.3 is 29.2 Å². The van der Waals surface area contributed by atoms with E-state index in [0.717, 1.165) is 5.56 Å². The summed E-state index contributed by atoms with van der Waals surface area (Å²) in [6.07, 6.45) is 0.716. The van der Waals surface area contributed by atoms with E-state index in [-0.39, 0.29) is 23.8 Å². The number of benzene rings is 1. The van der Waals surface area contributed by atoms with Crippen LogP contribution in [0.2, 0.25) is 0 Å². The molecule has 28 heavy (non-hydrogen) atoms. The molecule has 1 heterocycles. The third kappa shape index (κ3) is 5.30. The zero-order valence-electron chi connectivity index (χ0n) is 16.7. The van der Waals surface area contributed by atoms with Crippen LogP contribution in [0.25, 0.3) is 0 Å². The van der Waals surface area contributed by atoms with Gasteiger partial charge >= 0.3 is 0 Å². The summed E-state index contributed by atoms with van der Waals surface area (Å²) < 4.78 is 20.7. The fraction of sp³-hybridized carbons (Fsp3) is 0.579. The number of nitrogens with zero attached hydrogens (tertiary/aromatic N) is 1. The van der Waals surface area contributed by atoms with E-state index in [9.17, 15) is 9.59 Å². The molecule has 0 saturated carbocycles. The van der Waals surface area contributed by atoms with Gasteiger partial charge in [-0.3, -0.25) is 9.59 Å². The van der Waals surface area contributed by atoms with Crippen molar-refractivity contribution in [2.45, 2.75) is 17.8 Å². The van der Waals surface area contributed by atoms with Crippen molar-refractivity contribution in [2.75, 3.05) is 54.0 Å². The molecule has 1 saturated heterocycles. The van der Waals surface area contributed by atoms with Crippen LogP contribution in [0, 0.1) is 0 Å². The second-order valence-electron chi connectivity index (χ2n) is 6.19. The minimum atomic E-state index is -0.562. The van der Waals surface area contributed by atoms with E-state index < -0.39 is 6.04 Å². The third-order valence-corrected chi connectivity index (χ3v) is 5.70. The Morgan fingerprint density at radius 2 is 1.89 bits per heavy atom. The molecule has 2 atom stereocenters. The average Bonchev–Trinajstić information content (AvgIpc) is 3.16. The van der Waals surface area contributed by atoms with Crippen LogP contribution < -0.4 is 14.8 Å². The fourth-order valence-corrected chi connectivity index (χ4v) is 4.46. The molecule has 0 aliphatic carbocycles. The molecule has 2 amide bonds. The first-order chi connectivity index (χ1) is 13.6. The third-order valence-electron chi connectivity index (χ3n) is 4.38. The first-order valence-corrected chi connectivity index (χ1v) is 10.0. The Bertz CT molecular complexity index is 672. The number of amides is 2. The number of nitrogens with one attached hydrogen (secondary N) is 1. The number of rotatable bonds is 10. The summed E-state index contributed by atoms with van der Waals surface area (Å²) >= 11 is 1.54. The molecule has 1 aliphatic heterocycles. The molecule has 1 aromatic carbocycles. The summed E-state index contributed by atoms with van der Waals surface area (Å²) in [5.41, 5.74) is 0.863. The topological polar surface area (TPSA) is 86.3 Å². The van der Waals surface area contributed by atoms with Crippen LogP contribution in [-0.4, -0.2) is 76.7 Å². The molecular weight excluding hydrogens is 384 g/mol. The Kier molecular flexibility index (Phi) is 8.88. The Labute approximate surface area is 169 Å². The molecule has 1 fully saturated rings. The largest absolute Gasteiger partial charge is 0.493 e. The van der Waals surface area contributed by atoms with Gasteiger partial charge in [-0.15, -0.1) is 11.8 Å². The molecular formula is C19H28N2O6S. The molecule has 1 N–H and O–H groups in total. The number of carbonyl (C=O) groups is 2. The van der Waals surface area contributed by atoms with Gasteiger partial charge in [0, 0.05) is 33.1 Å². The highest BCUT2D eigenvalue weighted by molar-refractivity contribution is 7.99. The summed E-state index contributed by atoms with van der Waals surface area (Å²) in [6, 6.07) is 4.95. The van der Waals surface area contributed by atoms with E-state index in [1.807, 2.05) is 12.1 Å². The van der Waals surface area contributed by atoms with E-state index in [1.165, 1.54) is 18.9 Å². The molecule has 2 rings (SSSR count). The molecule has 1 aliphatic rings. The van der Waals surface area contributed by atoms with Crippen LogP contribution in [0.5, 0.6) is 11.5 Å². The first-order valence-electron chi connectivity index (χ1n) is 8.97. The molecule has 0 unspecified atom stereocenters. The lowest BCUT2D eigenvalue weighted by molar-refractivity contribution is -0.142. The minimum Gasteiger partial charge on any atom is -0.493 e. The molecule has 1 aromatic rings. The van der Waals surface area contributed by atoms with Crippen molar-refractivity contribution in [2.24, 2.45) is 0 Å². The standard InChI is InChI=1S/C19H28N2O6S/c1-24-9-5-8-20-18(23)14-12-28-19(21(14)17(22)11-25-2)13-6-7-15(26-3)16(10-13)27-4/h6-7,10,14,19H,5,8-9,11-12H2,1-4H3,(H,20,23)/t14-,19-/m0/s1. The van der Waals surface area contributed by atoms with Crippen molar-refractivity contribution in [3.05, 3.63) is 23.8 Å². The lowest BCUT2D eigenvalue weighted by Crippen LogP contribution is -2.49. The lowest BCUT2D eigenvalue weighted by Gasteiger charge is -2.29. The highest BCUT2D eigenvalue weighted by atomic mass is 32.2. The van der Waals surface area contributed by atoms with Gasteiger partial charge in [-0.05, 0) is 24.1 Å². The normalized spacial score (nSPS) is 18.8. The molecule has 0 aromatic heterocycles. The molecule has 156 valence electrons. The van der Waals surface area contributed by atoms with Gasteiger partial charge in [0.15, 0.2) is 11.5 Å². The number of thioether (sulfide) groups is 1. The Morgan fingerprint density at radius 3 is 2.54 bits per heavy atom. The van der Waals surface area contributed by atoms with Crippen LogP contribution in [0.4, 0.5) is 0 Å². The van der Waals surface area contributed by atoms with Gasteiger partial charge in [-0.2, -0.15) is 0 Å². The molecule has 8 nitrogen and oxygen atoms in total. The second kappa shape index (κ2) is 11.1. The maximum Gasteiger partial charge on any atom is 0.250 e. The summed E-state index contributed by atoms with van der Waals surface area (Å²) in [6.45, 7) is 0.985. The van der Waals surface area contributed by atoms with Gasteiger partial charge in [0.05, 0.1) is 14.2 Å². The lowest BCUT2D eigenvalue weighted by atomic mass is 10.1. The number of hydrogen-bond donors (Lipinski definition) is 1. The number of carbonyl (C=O) groups excluding carboxylic acids is 2. The number of methoxy groups -OCH3 is 4. The van der Waals surface area contributed by atoms with E-state index in [1.54, 1.807) is 32.3 Å². The van der Waals surface area contributed by atoms with E-state index in [0.29, 0.717) is 36.8 Å². The van der Waals surface area contributed by atoms with Gasteiger partial charge in [0.2, 0.25) is 11.8 Å². The Hall–Kier alpha value is -1.97. The van der Waals surface area contributed by atoms with E-state index in [4.69, 9.17) is 18.9 Å². The van der Waals surface area contributed by atoms with Crippen molar-refractivity contribution in [1.29, 1.82) is 0 Å². The van der Waals surface area contributed by atoms with Gasteiger partial charge in [0.1, 0.15) is 18.0 Å². The zero-order valence-corrected chi connectivity index (χ0v) is 17.5. The highest BCUT2D eigenvalue weighted by Gasteiger charge is 2.42. The second-order valence-corrected chi connectivity index (χ2v) is 7.30. The number of hydrogen-bond acceptors (Lipinski definition) is 7. The Morgan fingerprint density at radius 1 is 1.14 bits per heavy atom. The first kappa shape index (κ1) is 22.3. The average molecular weight is 413 g/mol. The van der Waals surface area contributed by atoms with Crippen molar-refractivity contribution >= 4 is 23.6 Å². The van der Waals surface area contributed by atoms with E-state index in [2.05, 4.69) is 5.32 Å². The van der Waals surface area contributed by atoms with Crippen molar-refractivity contribution in [3.8, 4) is 11.5 Å². The van der Waals surface area contributed by atoms with Gasteiger partial charge in [0.25, 0.3) is 0 Å². The monoisotopic (exact) mass is 412 g/mol. The summed E-state index contributed by atoms with van der Waals surface area (Å²) in [5, 5.41) is 2.58. The van der Waals surface area contributed by atoms with Crippen LogP contribution in [0.3, 0.4) is 0 Å². The quantitative estimate of drug-likeness (QED) is 0.582. The summed E-state index contributed by atoms with van der Waals surface area (Å²) in [5.74, 6) is 1.29. The molecule has 0 spiro atoms. The molecule has 0 radical (unpaired) electrons. The SMILES string of the molecule is COCCCNC(=O)[C@@H]1CS[C@@H](c2ccc(OC)c(OC)c2)N1C(=O)COC. The summed E-state index contributed by atoms with van der Waals surface area (Å²) in [4.78, 5) is 27.0. The maximum absolute atomic E-state index is 12.7. The molecule has 9 heteroatoms. The van der Waals surface area contributed by atoms with Crippen LogP contribution in [0.1, 0.15) is 17.4 Å². The predicted octanol–water partition coefficient (Wildman–Crippen LogP) is 1.45. The van der Waals surface area contributed by atoms with Crippen LogP contribution in [0.15, 0.2) is 18.2 Å². The molecule has 0 bridgehead atoms. The van der Waals surface area contributed by atoms with E-state index >= 15 is 0 Å². The predicted molar refractivity (Wildman–Crippen MR) is 107 cm³/mol. The van der Waals surface area contributed by atoms with Gasteiger partial charge in [-0.1, -0.05) is 6.07 Å². The van der Waals surface area contributed by atoms with Gasteiger partial charge in [-0.25, -0.2) is 0 Å². The summed E-state index contributed by atoms with van der Waals surface area (Å²) in [7, 11) is 6.22. The Balaban J connectivity index is 2.22. The fourth-order valence-electron chi connectivity index (χ4n) is 3.02. The van der Waals surface area contributed by atoms with Crippen molar-refractivity contribution < 1.29 is 28.5 Å². The van der Waals surface area contributed by atoms with Crippen LogP contribution in [-0.2, 0) is 19.1 Å². The maximum atomic E-state index is 12.7. The van der Waals surface area contributed by atoms with Crippen LogP contribution >= 0.6 is 11.8 Å². The zero-order chi connectivity index (χ0) is 20.5. The number of ether oxygens (including phenoxy) is 4. The highest BCUT2D eigenvalue weighted by Crippen LogP contribution is 2.43. The van der Waals surface area contributed by atoms with Crippen molar-refractivity contribution in [1.82, 2.24) is 10.2 Å². The minimum absolute atomic E-state index is 0.0855. The smallest absolute Gasteiger partial charge is 0.250 e. The van der Waals surface area contributed by atoms with Crippen molar-refractivity contribution in [3.63, 3.8) is 0 Å².